The Morgan fingerprint density at radius 2 is 1.65 bits per heavy atom. The first kappa shape index (κ1) is 12.2. The maximum atomic E-state index is 14.5. The number of sulfone groups is 1. The summed E-state index contributed by atoms with van der Waals surface area (Å²) in [6, 6.07) is 6.21. The summed E-state index contributed by atoms with van der Waals surface area (Å²) >= 11 is 0. The molecule has 1 aromatic carbocycles. The second kappa shape index (κ2) is 4.22. The molecule has 3 nitrogen and oxygen atoms in total. The Morgan fingerprint density at radius 3 is 2.12 bits per heavy atom. The van der Waals surface area contributed by atoms with Gasteiger partial charge in [0.15, 0.2) is 9.84 Å². The van der Waals surface area contributed by atoms with Gasteiger partial charge in [-0.1, -0.05) is 24.3 Å². The number of carbonyl (C=O) groups excluding carboxylic acids is 1. The zero-order chi connectivity index (χ0) is 12.5. The van der Waals surface area contributed by atoms with Gasteiger partial charge in [0.2, 0.25) is 0 Å². The predicted molar refractivity (Wildman–Crippen MR) is 62.5 cm³/mol. The van der Waals surface area contributed by atoms with E-state index in [2.05, 4.69) is 0 Å². The first-order valence-electron chi connectivity index (χ1n) is 5.40. The minimum Gasteiger partial charge on any atom is -0.298 e. The summed E-state index contributed by atoms with van der Waals surface area (Å²) in [5.41, 5.74) is -0.633. The van der Waals surface area contributed by atoms with Gasteiger partial charge in [-0.3, -0.25) is 4.79 Å². The maximum Gasteiger partial charge on any atom is 0.150 e. The average molecular weight is 256 g/mol. The quantitative estimate of drug-likeness (QED) is 0.759. The lowest BCUT2D eigenvalue weighted by molar-refractivity contribution is 0.112. The highest BCUT2D eigenvalue weighted by atomic mass is 32.2. The van der Waals surface area contributed by atoms with Crippen molar-refractivity contribution in [2.24, 2.45) is 0 Å². The van der Waals surface area contributed by atoms with Crippen molar-refractivity contribution in [3.63, 3.8) is 0 Å². The lowest BCUT2D eigenvalue weighted by Crippen LogP contribution is -2.33. The third kappa shape index (κ3) is 2.54. The number of carbonyl (C=O) groups is 1. The summed E-state index contributed by atoms with van der Waals surface area (Å²) in [7, 11) is -3.07. The number of rotatable bonds is 2. The van der Waals surface area contributed by atoms with Gasteiger partial charge in [0, 0.05) is 5.56 Å². The second-order valence-corrected chi connectivity index (χ2v) is 6.66. The van der Waals surface area contributed by atoms with Crippen LogP contribution in [0.15, 0.2) is 24.3 Å². The molecule has 1 aromatic rings. The monoisotopic (exact) mass is 256 g/mol. The van der Waals surface area contributed by atoms with Crippen molar-refractivity contribution in [3.8, 4) is 0 Å². The van der Waals surface area contributed by atoms with E-state index in [9.17, 15) is 17.6 Å². The van der Waals surface area contributed by atoms with Gasteiger partial charge < -0.3 is 0 Å². The molecule has 0 bridgehead atoms. The number of benzene rings is 1. The number of hydrogen-bond acceptors (Lipinski definition) is 3. The van der Waals surface area contributed by atoms with Crippen LogP contribution >= 0.6 is 0 Å². The van der Waals surface area contributed by atoms with Crippen molar-refractivity contribution in [1.82, 2.24) is 0 Å². The Bertz CT molecular complexity index is 505. The van der Waals surface area contributed by atoms with Crippen LogP contribution in [0.25, 0.3) is 0 Å². The lowest BCUT2D eigenvalue weighted by atomic mass is 9.89. The number of aldehydes is 1. The highest BCUT2D eigenvalue weighted by Gasteiger charge is 2.38. The lowest BCUT2D eigenvalue weighted by Gasteiger charge is -2.29. The van der Waals surface area contributed by atoms with Gasteiger partial charge in [0.25, 0.3) is 0 Å². The normalized spacial score (nSPS) is 21.9. The molecule has 5 heteroatoms. The van der Waals surface area contributed by atoms with Gasteiger partial charge >= 0.3 is 0 Å². The Labute approximate surface area is 99.6 Å². The van der Waals surface area contributed by atoms with Crippen LogP contribution in [-0.4, -0.2) is 26.2 Å². The molecule has 0 aliphatic carbocycles. The van der Waals surface area contributed by atoms with Crippen molar-refractivity contribution in [2.45, 2.75) is 18.5 Å². The van der Waals surface area contributed by atoms with Crippen LogP contribution in [0.2, 0.25) is 0 Å². The summed E-state index contributed by atoms with van der Waals surface area (Å²) in [5.74, 6) is -0.224. The van der Waals surface area contributed by atoms with E-state index in [0.717, 1.165) is 0 Å². The van der Waals surface area contributed by atoms with E-state index in [1.807, 2.05) is 0 Å². The molecule has 2 rings (SSSR count). The molecule has 1 saturated heterocycles. The Balaban J connectivity index is 2.24. The Kier molecular flexibility index (Phi) is 3.03. The van der Waals surface area contributed by atoms with Crippen molar-refractivity contribution in [1.29, 1.82) is 0 Å². The fourth-order valence-electron chi connectivity index (χ4n) is 2.01. The fourth-order valence-corrected chi connectivity index (χ4v) is 3.48. The third-order valence-electron chi connectivity index (χ3n) is 3.18. The van der Waals surface area contributed by atoms with Gasteiger partial charge in [-0.25, -0.2) is 12.8 Å². The predicted octanol–water partition coefficient (Wildman–Crippen LogP) is 1.87. The standard InChI is InChI=1S/C12H13FO3S/c13-12(5-7-17(15,16)8-6-12)11-3-1-10(9-14)2-4-11/h1-4,9H,5-8H2. The van der Waals surface area contributed by atoms with Crippen molar-refractivity contribution >= 4 is 16.1 Å². The third-order valence-corrected chi connectivity index (χ3v) is 4.84. The van der Waals surface area contributed by atoms with Gasteiger partial charge in [-0.05, 0) is 18.4 Å². The van der Waals surface area contributed by atoms with E-state index in [1.165, 1.54) is 0 Å². The summed E-state index contributed by atoms with van der Waals surface area (Å²) < 4.78 is 37.0. The Hall–Kier alpha value is -1.23. The van der Waals surface area contributed by atoms with Gasteiger partial charge in [0.05, 0.1) is 11.5 Å². The molecule has 0 N–H and O–H groups in total. The zero-order valence-corrected chi connectivity index (χ0v) is 10.0. The van der Waals surface area contributed by atoms with Crippen LogP contribution in [0.5, 0.6) is 0 Å². The fraction of sp³-hybridized carbons (Fsp3) is 0.417. The number of hydrogen-bond donors (Lipinski definition) is 0. The highest BCUT2D eigenvalue weighted by molar-refractivity contribution is 7.91. The molecule has 1 heterocycles. The molecule has 0 atom stereocenters. The average Bonchev–Trinajstić information content (AvgIpc) is 2.34. The van der Waals surface area contributed by atoms with Crippen molar-refractivity contribution in [2.75, 3.05) is 11.5 Å². The van der Waals surface area contributed by atoms with Crippen LogP contribution < -0.4 is 0 Å². The van der Waals surface area contributed by atoms with Gasteiger partial charge in [-0.2, -0.15) is 0 Å². The van der Waals surface area contributed by atoms with Crippen LogP contribution in [0, 0.1) is 0 Å². The molecule has 0 spiro atoms. The zero-order valence-electron chi connectivity index (χ0n) is 9.23. The smallest absolute Gasteiger partial charge is 0.150 e. The summed E-state index contributed by atoms with van der Waals surface area (Å²) in [4.78, 5) is 10.5. The van der Waals surface area contributed by atoms with Crippen molar-refractivity contribution in [3.05, 3.63) is 35.4 Å². The molecule has 0 radical (unpaired) electrons. The molecular formula is C12H13FO3S. The second-order valence-electron chi connectivity index (χ2n) is 4.36. The van der Waals surface area contributed by atoms with E-state index in [-0.39, 0.29) is 24.3 Å². The maximum absolute atomic E-state index is 14.5. The molecule has 1 aliphatic heterocycles. The molecule has 0 aromatic heterocycles. The highest BCUT2D eigenvalue weighted by Crippen LogP contribution is 2.37. The molecular weight excluding hydrogens is 243 g/mol. The molecule has 0 saturated carbocycles. The Morgan fingerprint density at radius 1 is 1.12 bits per heavy atom. The largest absolute Gasteiger partial charge is 0.298 e. The molecule has 0 unspecified atom stereocenters. The number of halogens is 1. The summed E-state index contributed by atoms with van der Waals surface area (Å²) in [6.07, 6.45) is 0.686. The van der Waals surface area contributed by atoms with E-state index >= 15 is 0 Å². The number of alkyl halides is 1. The molecule has 92 valence electrons. The first-order valence-corrected chi connectivity index (χ1v) is 7.22. The van der Waals surface area contributed by atoms with Crippen LogP contribution in [0.4, 0.5) is 4.39 Å². The topological polar surface area (TPSA) is 51.2 Å². The summed E-state index contributed by atoms with van der Waals surface area (Å²) in [6.45, 7) is 0. The van der Waals surface area contributed by atoms with Gasteiger partial charge in [0.1, 0.15) is 12.0 Å². The minimum atomic E-state index is -3.07. The molecule has 0 amide bonds. The van der Waals surface area contributed by atoms with Crippen LogP contribution in [-0.2, 0) is 15.5 Å². The van der Waals surface area contributed by atoms with E-state index in [1.54, 1.807) is 24.3 Å². The molecule has 17 heavy (non-hydrogen) atoms. The first-order chi connectivity index (χ1) is 7.95. The van der Waals surface area contributed by atoms with Crippen LogP contribution in [0.3, 0.4) is 0 Å². The van der Waals surface area contributed by atoms with E-state index in [0.29, 0.717) is 17.4 Å². The SMILES string of the molecule is O=Cc1ccc(C2(F)CCS(=O)(=O)CC2)cc1. The van der Waals surface area contributed by atoms with Crippen molar-refractivity contribution < 1.29 is 17.6 Å². The van der Waals surface area contributed by atoms with Gasteiger partial charge in [-0.15, -0.1) is 0 Å². The molecule has 1 aliphatic rings. The van der Waals surface area contributed by atoms with E-state index in [4.69, 9.17) is 0 Å². The van der Waals surface area contributed by atoms with Crippen LogP contribution in [0.1, 0.15) is 28.8 Å². The summed E-state index contributed by atoms with van der Waals surface area (Å²) in [5, 5.41) is 0. The minimum absolute atomic E-state index is 0.00420. The van der Waals surface area contributed by atoms with E-state index < -0.39 is 15.5 Å². The molecule has 1 fully saturated rings.